The Morgan fingerprint density at radius 2 is 2.18 bits per heavy atom. The highest BCUT2D eigenvalue weighted by atomic mass is 35.5. The number of ether oxygens (including phenoxy) is 1. The van der Waals surface area contributed by atoms with E-state index in [9.17, 15) is 4.79 Å². The number of aromatic nitrogens is 1. The summed E-state index contributed by atoms with van der Waals surface area (Å²) < 4.78 is 11.5. The molecule has 2 aliphatic heterocycles. The average molecular weight is 432 g/mol. The molecule has 0 aliphatic carbocycles. The first-order chi connectivity index (χ1) is 13.5. The smallest absolute Gasteiger partial charge is 0.283 e. The Morgan fingerprint density at radius 1 is 1.36 bits per heavy atom. The summed E-state index contributed by atoms with van der Waals surface area (Å²) in [5.41, 5.74) is 1.62. The maximum Gasteiger partial charge on any atom is 0.283 e. The second kappa shape index (κ2) is 7.50. The number of hydrogen-bond donors (Lipinski definition) is 1. The molecule has 0 saturated heterocycles. The molecule has 0 radical (unpaired) electrons. The first-order valence-electron chi connectivity index (χ1n) is 8.07. The van der Waals surface area contributed by atoms with Crippen molar-refractivity contribution < 1.29 is 9.53 Å². The van der Waals surface area contributed by atoms with Gasteiger partial charge in [0.25, 0.3) is 5.91 Å². The standard InChI is InChI=1S/C18H14ClN5O2S2/c1-26-14-6-5-10(19)8-13(14)23-7-3-4-11(23)9-12-15(20)24-17(21-16(12)25)28-22-18(24)27-2/h3-9,20H,1-2H3/b12-9-,20-15?. The number of rotatable bonds is 3. The molecular formula is C18H14ClN5O2S2. The fourth-order valence-electron chi connectivity index (χ4n) is 2.86. The zero-order valence-electron chi connectivity index (χ0n) is 14.8. The van der Waals surface area contributed by atoms with Crippen LogP contribution in [0.25, 0.3) is 11.8 Å². The zero-order valence-corrected chi connectivity index (χ0v) is 17.2. The quantitative estimate of drug-likeness (QED) is 0.584. The van der Waals surface area contributed by atoms with Crippen molar-refractivity contribution in [3.8, 4) is 11.4 Å². The fourth-order valence-corrected chi connectivity index (χ4v) is 4.48. The molecule has 0 spiro atoms. The number of amidine groups is 3. The third-order valence-corrected chi connectivity index (χ3v) is 5.84. The molecule has 142 valence electrons. The Labute approximate surface area is 174 Å². The van der Waals surface area contributed by atoms with Crippen LogP contribution in [0.2, 0.25) is 5.02 Å². The SMILES string of the molecule is COc1ccc(Cl)cc1-n1cccc1/C=C1/C(=N)N2C(SC)=NSC2=NC1=O. The van der Waals surface area contributed by atoms with Crippen LogP contribution in [0.3, 0.4) is 0 Å². The lowest BCUT2D eigenvalue weighted by Crippen LogP contribution is -2.41. The van der Waals surface area contributed by atoms with E-state index in [4.69, 9.17) is 21.7 Å². The number of carbonyl (C=O) groups is 1. The van der Waals surface area contributed by atoms with Gasteiger partial charge in [0, 0.05) is 16.9 Å². The van der Waals surface area contributed by atoms with Gasteiger partial charge in [0.05, 0.1) is 30.3 Å². The molecule has 0 atom stereocenters. The largest absolute Gasteiger partial charge is 0.495 e. The molecule has 3 heterocycles. The van der Waals surface area contributed by atoms with Gasteiger partial charge in [-0.15, -0.1) is 0 Å². The van der Waals surface area contributed by atoms with Gasteiger partial charge in [0.15, 0.2) is 5.17 Å². The van der Waals surface area contributed by atoms with Crippen LogP contribution in [0.5, 0.6) is 5.75 Å². The van der Waals surface area contributed by atoms with Crippen LogP contribution in [0.4, 0.5) is 0 Å². The van der Waals surface area contributed by atoms with Crippen LogP contribution < -0.4 is 4.74 Å². The van der Waals surface area contributed by atoms with E-state index in [1.54, 1.807) is 36.3 Å². The highest BCUT2D eigenvalue weighted by molar-refractivity contribution is 8.18. The summed E-state index contributed by atoms with van der Waals surface area (Å²) in [4.78, 5) is 18.2. The molecule has 0 bridgehead atoms. The van der Waals surface area contributed by atoms with Gasteiger partial charge in [0.1, 0.15) is 11.6 Å². The molecule has 1 amide bonds. The Kier molecular flexibility index (Phi) is 5.05. The molecular weight excluding hydrogens is 418 g/mol. The van der Waals surface area contributed by atoms with E-state index in [2.05, 4.69) is 9.39 Å². The molecule has 2 aliphatic rings. The van der Waals surface area contributed by atoms with Gasteiger partial charge in [0.2, 0.25) is 5.17 Å². The van der Waals surface area contributed by atoms with Crippen LogP contribution in [-0.2, 0) is 4.79 Å². The number of methoxy groups -OCH3 is 1. The van der Waals surface area contributed by atoms with Gasteiger partial charge in [-0.1, -0.05) is 23.4 Å². The Morgan fingerprint density at radius 3 is 2.93 bits per heavy atom. The molecule has 1 N–H and O–H groups in total. The lowest BCUT2D eigenvalue weighted by Gasteiger charge is -2.24. The third-order valence-electron chi connectivity index (χ3n) is 4.15. The fraction of sp³-hybridized carbons (Fsp3) is 0.111. The molecule has 2 aromatic rings. The monoisotopic (exact) mass is 431 g/mol. The molecule has 10 heteroatoms. The Bertz CT molecular complexity index is 1090. The summed E-state index contributed by atoms with van der Waals surface area (Å²) in [5, 5.41) is 10.1. The van der Waals surface area contributed by atoms with Crippen molar-refractivity contribution in [3.05, 3.63) is 52.8 Å². The number of amides is 1. The summed E-state index contributed by atoms with van der Waals surface area (Å²) in [6, 6.07) is 8.99. The van der Waals surface area contributed by atoms with Crippen LogP contribution >= 0.6 is 35.3 Å². The summed E-state index contributed by atoms with van der Waals surface area (Å²) in [7, 11) is 1.58. The molecule has 0 unspecified atom stereocenters. The minimum atomic E-state index is -0.466. The second-order valence-corrected chi connectivity index (χ2v) is 7.67. The van der Waals surface area contributed by atoms with E-state index in [1.165, 1.54) is 11.8 Å². The highest BCUT2D eigenvalue weighted by Gasteiger charge is 2.37. The lowest BCUT2D eigenvalue weighted by atomic mass is 10.1. The number of fused-ring (bicyclic) bond motifs is 1. The molecule has 4 rings (SSSR count). The number of hydrogen-bond acceptors (Lipinski definition) is 6. The Balaban J connectivity index is 1.79. The topological polar surface area (TPSA) is 83.0 Å². The number of thioether (sulfide) groups is 1. The summed E-state index contributed by atoms with van der Waals surface area (Å²) in [6.07, 6.45) is 5.35. The molecule has 0 saturated carbocycles. The number of nitrogens with zero attached hydrogens (tertiary/aromatic N) is 4. The summed E-state index contributed by atoms with van der Waals surface area (Å²) in [6.45, 7) is 0. The molecule has 1 aromatic carbocycles. The predicted octanol–water partition coefficient (Wildman–Crippen LogP) is 4.08. The van der Waals surface area contributed by atoms with E-state index in [0.717, 1.165) is 17.6 Å². The maximum atomic E-state index is 12.5. The summed E-state index contributed by atoms with van der Waals surface area (Å²) >= 11 is 8.66. The van der Waals surface area contributed by atoms with Crippen molar-refractivity contribution in [1.82, 2.24) is 9.47 Å². The minimum Gasteiger partial charge on any atom is -0.495 e. The maximum absolute atomic E-state index is 12.5. The van der Waals surface area contributed by atoms with Gasteiger partial charge in [-0.25, -0.2) is 4.90 Å². The number of carbonyl (C=O) groups excluding carboxylic acids is 1. The number of nitrogens with one attached hydrogen (secondary N) is 1. The van der Waals surface area contributed by atoms with Crippen molar-refractivity contribution >= 4 is 63.5 Å². The van der Waals surface area contributed by atoms with Crippen LogP contribution in [0.1, 0.15) is 5.69 Å². The van der Waals surface area contributed by atoms with Crippen molar-refractivity contribution in [1.29, 1.82) is 5.41 Å². The van der Waals surface area contributed by atoms with Crippen molar-refractivity contribution in [2.45, 2.75) is 0 Å². The zero-order chi connectivity index (χ0) is 19.8. The van der Waals surface area contributed by atoms with Crippen LogP contribution in [-0.4, -0.2) is 44.9 Å². The van der Waals surface area contributed by atoms with Gasteiger partial charge in [-0.2, -0.15) is 9.39 Å². The van der Waals surface area contributed by atoms with E-state index in [-0.39, 0.29) is 11.4 Å². The van der Waals surface area contributed by atoms with Crippen LogP contribution in [0, 0.1) is 5.41 Å². The lowest BCUT2D eigenvalue weighted by molar-refractivity contribution is -0.114. The van der Waals surface area contributed by atoms with Gasteiger partial charge < -0.3 is 9.30 Å². The first-order valence-corrected chi connectivity index (χ1v) is 10.4. The van der Waals surface area contributed by atoms with E-state index in [1.807, 2.05) is 29.2 Å². The molecule has 0 fully saturated rings. The molecule has 28 heavy (non-hydrogen) atoms. The van der Waals surface area contributed by atoms with Crippen molar-refractivity contribution in [2.75, 3.05) is 13.4 Å². The Hall–Kier alpha value is -2.49. The first kappa shape index (κ1) is 18.9. The number of benzene rings is 1. The highest BCUT2D eigenvalue weighted by Crippen LogP contribution is 2.32. The molecule has 7 nitrogen and oxygen atoms in total. The van der Waals surface area contributed by atoms with Crippen molar-refractivity contribution in [2.24, 2.45) is 9.39 Å². The minimum absolute atomic E-state index is 0.0545. The van der Waals surface area contributed by atoms with E-state index < -0.39 is 5.91 Å². The number of halogens is 1. The average Bonchev–Trinajstić information content (AvgIpc) is 3.31. The van der Waals surface area contributed by atoms with Crippen molar-refractivity contribution in [3.63, 3.8) is 0 Å². The van der Waals surface area contributed by atoms with E-state index in [0.29, 0.717) is 26.8 Å². The predicted molar refractivity (Wildman–Crippen MR) is 116 cm³/mol. The van der Waals surface area contributed by atoms with Gasteiger partial charge in [-0.05, 0) is 42.7 Å². The number of aliphatic imine (C=N–C) groups is 1. The second-order valence-electron chi connectivity index (χ2n) is 5.73. The third kappa shape index (κ3) is 3.15. The summed E-state index contributed by atoms with van der Waals surface area (Å²) in [5.74, 6) is 0.226. The van der Waals surface area contributed by atoms with Gasteiger partial charge >= 0.3 is 0 Å². The normalized spacial score (nSPS) is 17.7. The van der Waals surface area contributed by atoms with E-state index >= 15 is 0 Å². The molecule has 1 aromatic heterocycles. The van der Waals surface area contributed by atoms with Gasteiger partial charge in [-0.3, -0.25) is 10.2 Å². The van der Waals surface area contributed by atoms with Crippen LogP contribution in [0.15, 0.2) is 51.5 Å².